The largest absolute Gasteiger partial charge is 0.311 e. The lowest BCUT2D eigenvalue weighted by molar-refractivity contribution is 1.18. The molecule has 11 aromatic rings. The molecular weight excluding hydrogens is 701 g/mol. The molecule has 1 heterocycles. The molecule has 1 aromatic heterocycles. The minimum absolute atomic E-state index is 1.10. The summed E-state index contributed by atoms with van der Waals surface area (Å²) in [6.07, 6.45) is 0. The number of hydrogen-bond acceptors (Lipinski definition) is 1. The van der Waals surface area contributed by atoms with E-state index in [-0.39, 0.29) is 0 Å². The van der Waals surface area contributed by atoms with E-state index in [1.807, 2.05) is 0 Å². The molecule has 0 saturated carbocycles. The van der Waals surface area contributed by atoms with Crippen LogP contribution >= 0.6 is 0 Å². The molecule has 0 aliphatic heterocycles. The van der Waals surface area contributed by atoms with E-state index in [1.54, 1.807) is 0 Å². The Hall–Kier alpha value is -7.68. The summed E-state index contributed by atoms with van der Waals surface area (Å²) >= 11 is 0. The van der Waals surface area contributed by atoms with E-state index in [1.165, 1.54) is 77.1 Å². The first-order chi connectivity index (χ1) is 28.7. The van der Waals surface area contributed by atoms with E-state index >= 15 is 0 Å². The van der Waals surface area contributed by atoms with Gasteiger partial charge >= 0.3 is 0 Å². The third-order valence-corrected chi connectivity index (χ3v) is 11.6. The summed E-state index contributed by atoms with van der Waals surface area (Å²) in [6, 6.07) is 83.5. The highest BCUT2D eigenvalue weighted by molar-refractivity contribution is 6.25. The second-order valence-corrected chi connectivity index (χ2v) is 15.0. The van der Waals surface area contributed by atoms with E-state index in [0.29, 0.717) is 0 Å². The Bertz CT molecular complexity index is 3060. The lowest BCUT2D eigenvalue weighted by Crippen LogP contribution is -2.09. The van der Waals surface area contributed by atoms with Crippen LogP contribution in [-0.2, 0) is 0 Å². The van der Waals surface area contributed by atoms with Crippen LogP contribution in [0, 0.1) is 0 Å². The van der Waals surface area contributed by atoms with E-state index < -0.39 is 0 Å². The summed E-state index contributed by atoms with van der Waals surface area (Å²) in [6.45, 7) is 0. The standard InChI is InChI=1S/C56H38N2/c1-4-11-39(12-5-1)42-21-29-49(30-22-42)57(50-31-23-43(24-32-50)40-13-6-2-7-14-40)51-33-27-45(28-34-51)48-37-47-20-19-46-17-10-18-53-55(46)56(47)54(38-48)58(53)52-35-25-44(26-36-52)41-15-8-3-9-16-41/h1-38H. The van der Waals surface area contributed by atoms with E-state index in [0.717, 1.165) is 22.7 Å². The molecule has 0 aliphatic rings. The molecule has 2 nitrogen and oxygen atoms in total. The Kier molecular flexibility index (Phi) is 8.19. The maximum Gasteiger partial charge on any atom is 0.0553 e. The van der Waals surface area contributed by atoms with Crippen molar-refractivity contribution in [3.8, 4) is 50.2 Å². The molecule has 0 bridgehead atoms. The molecule has 58 heavy (non-hydrogen) atoms. The van der Waals surface area contributed by atoms with Crippen LogP contribution in [0.15, 0.2) is 231 Å². The van der Waals surface area contributed by atoms with Crippen molar-refractivity contribution >= 4 is 49.6 Å². The van der Waals surface area contributed by atoms with Crippen molar-refractivity contribution in [1.82, 2.24) is 4.57 Å². The van der Waals surface area contributed by atoms with Gasteiger partial charge in [-0.15, -0.1) is 0 Å². The third kappa shape index (κ3) is 5.91. The van der Waals surface area contributed by atoms with Gasteiger partial charge in [-0.05, 0) is 122 Å². The summed E-state index contributed by atoms with van der Waals surface area (Å²) < 4.78 is 2.44. The van der Waals surface area contributed by atoms with Gasteiger partial charge in [0.1, 0.15) is 0 Å². The minimum atomic E-state index is 1.10. The zero-order valence-corrected chi connectivity index (χ0v) is 31.8. The molecule has 10 aromatic carbocycles. The monoisotopic (exact) mass is 738 g/mol. The Balaban J connectivity index is 1.00. The van der Waals surface area contributed by atoms with E-state index in [4.69, 9.17) is 0 Å². The summed E-state index contributed by atoms with van der Waals surface area (Å²) in [5.74, 6) is 0. The van der Waals surface area contributed by atoms with Crippen molar-refractivity contribution < 1.29 is 0 Å². The summed E-state index contributed by atoms with van der Waals surface area (Å²) in [7, 11) is 0. The molecule has 2 heteroatoms. The number of hydrogen-bond donors (Lipinski definition) is 0. The van der Waals surface area contributed by atoms with Gasteiger partial charge in [0.05, 0.1) is 11.0 Å². The molecule has 0 atom stereocenters. The van der Waals surface area contributed by atoms with Crippen molar-refractivity contribution in [2.24, 2.45) is 0 Å². The maximum absolute atomic E-state index is 2.44. The first kappa shape index (κ1) is 33.6. The molecule has 0 radical (unpaired) electrons. The smallest absolute Gasteiger partial charge is 0.0553 e. The van der Waals surface area contributed by atoms with Crippen molar-refractivity contribution in [3.05, 3.63) is 231 Å². The lowest BCUT2D eigenvalue weighted by atomic mass is 9.97. The second-order valence-electron chi connectivity index (χ2n) is 15.0. The Labute approximate surface area is 338 Å². The number of anilines is 3. The third-order valence-electron chi connectivity index (χ3n) is 11.6. The van der Waals surface area contributed by atoms with Gasteiger partial charge in [0.25, 0.3) is 0 Å². The number of aromatic nitrogens is 1. The van der Waals surface area contributed by atoms with Gasteiger partial charge in [0.15, 0.2) is 0 Å². The van der Waals surface area contributed by atoms with Crippen molar-refractivity contribution in [2.75, 3.05) is 4.90 Å². The van der Waals surface area contributed by atoms with Crippen LogP contribution in [-0.4, -0.2) is 4.57 Å². The molecular formula is C56H38N2. The van der Waals surface area contributed by atoms with Gasteiger partial charge in [-0.2, -0.15) is 0 Å². The normalized spacial score (nSPS) is 11.4. The summed E-state index contributed by atoms with van der Waals surface area (Å²) in [5, 5.41) is 5.14. The fraction of sp³-hybridized carbons (Fsp3) is 0. The Morgan fingerprint density at radius 1 is 0.259 bits per heavy atom. The molecule has 0 aliphatic carbocycles. The number of benzene rings is 10. The quantitative estimate of drug-likeness (QED) is 0.141. The van der Waals surface area contributed by atoms with Gasteiger partial charge in [-0.3, -0.25) is 0 Å². The molecule has 0 amide bonds. The van der Waals surface area contributed by atoms with Gasteiger partial charge in [-0.25, -0.2) is 0 Å². The predicted octanol–water partition coefficient (Wildman–Crippen LogP) is 15.5. The van der Waals surface area contributed by atoms with Gasteiger partial charge in [-0.1, -0.05) is 164 Å². The zero-order chi connectivity index (χ0) is 38.4. The summed E-state index contributed by atoms with van der Waals surface area (Å²) in [4.78, 5) is 2.35. The maximum atomic E-state index is 2.44. The van der Waals surface area contributed by atoms with Crippen molar-refractivity contribution in [3.63, 3.8) is 0 Å². The van der Waals surface area contributed by atoms with Crippen LogP contribution in [0.1, 0.15) is 0 Å². The van der Waals surface area contributed by atoms with Crippen LogP contribution in [0.2, 0.25) is 0 Å². The molecule has 0 N–H and O–H groups in total. The minimum Gasteiger partial charge on any atom is -0.311 e. The first-order valence-corrected chi connectivity index (χ1v) is 19.9. The molecule has 0 fully saturated rings. The Morgan fingerprint density at radius 3 is 1.14 bits per heavy atom. The number of rotatable bonds is 8. The van der Waals surface area contributed by atoms with Gasteiger partial charge in [0, 0.05) is 33.5 Å². The van der Waals surface area contributed by atoms with Crippen LogP contribution < -0.4 is 4.90 Å². The van der Waals surface area contributed by atoms with Crippen LogP contribution in [0.5, 0.6) is 0 Å². The average Bonchev–Trinajstić information content (AvgIpc) is 3.65. The molecule has 0 unspecified atom stereocenters. The highest BCUT2D eigenvalue weighted by atomic mass is 15.1. The summed E-state index contributed by atoms with van der Waals surface area (Å²) in [5.41, 5.74) is 16.5. The zero-order valence-electron chi connectivity index (χ0n) is 31.8. The highest BCUT2D eigenvalue weighted by Gasteiger charge is 2.19. The second kappa shape index (κ2) is 14.1. The van der Waals surface area contributed by atoms with Crippen LogP contribution in [0.3, 0.4) is 0 Å². The fourth-order valence-corrected chi connectivity index (χ4v) is 8.69. The van der Waals surface area contributed by atoms with Gasteiger partial charge in [0.2, 0.25) is 0 Å². The van der Waals surface area contributed by atoms with Crippen molar-refractivity contribution in [1.29, 1.82) is 0 Å². The van der Waals surface area contributed by atoms with Crippen molar-refractivity contribution in [2.45, 2.75) is 0 Å². The molecule has 11 rings (SSSR count). The SMILES string of the molecule is c1ccc(-c2ccc(N(c3ccc(-c4ccccc4)cc3)c3ccc(-c4cc5ccc6cccc7c6c5c(c4)n7-c4ccc(-c5ccccc5)cc4)cc3)cc2)cc1. The lowest BCUT2D eigenvalue weighted by Gasteiger charge is -2.26. The highest BCUT2D eigenvalue weighted by Crippen LogP contribution is 2.43. The fourth-order valence-electron chi connectivity index (χ4n) is 8.69. The average molecular weight is 739 g/mol. The molecule has 272 valence electrons. The topological polar surface area (TPSA) is 8.17 Å². The van der Waals surface area contributed by atoms with E-state index in [2.05, 4.69) is 240 Å². The molecule has 0 saturated heterocycles. The van der Waals surface area contributed by atoms with E-state index in [9.17, 15) is 0 Å². The van der Waals surface area contributed by atoms with Crippen LogP contribution in [0.4, 0.5) is 17.1 Å². The number of nitrogens with zero attached hydrogens (tertiary/aromatic N) is 2. The predicted molar refractivity (Wildman–Crippen MR) is 246 cm³/mol. The Morgan fingerprint density at radius 2 is 0.655 bits per heavy atom. The molecule has 0 spiro atoms. The van der Waals surface area contributed by atoms with Gasteiger partial charge < -0.3 is 9.47 Å². The van der Waals surface area contributed by atoms with Crippen LogP contribution in [0.25, 0.3) is 82.8 Å². The first-order valence-electron chi connectivity index (χ1n) is 19.9.